The molecule has 1 unspecified atom stereocenters. The number of amides is 1. The van der Waals surface area contributed by atoms with Crippen LogP contribution in [0.2, 0.25) is 0 Å². The Bertz CT molecular complexity index is 155. The molecule has 2 aliphatic rings. The van der Waals surface area contributed by atoms with Gasteiger partial charge in [0, 0.05) is 25.0 Å². The fourth-order valence-corrected chi connectivity index (χ4v) is 1.46. The molecule has 0 bridgehead atoms. The highest BCUT2D eigenvalue weighted by Gasteiger charge is 2.26. The van der Waals surface area contributed by atoms with Gasteiger partial charge in [0.05, 0.1) is 0 Å². The first-order chi connectivity index (χ1) is 5.34. The van der Waals surface area contributed by atoms with Gasteiger partial charge in [-0.3, -0.25) is 4.79 Å². The van der Waals surface area contributed by atoms with E-state index in [1.54, 1.807) is 0 Å². The molecular formula is C8H14N2O. The van der Waals surface area contributed by atoms with Gasteiger partial charge in [0.2, 0.25) is 5.91 Å². The fraction of sp³-hybridized carbons (Fsp3) is 0.875. The Hall–Kier alpha value is -0.570. The first-order valence-electron chi connectivity index (χ1n) is 4.37. The topological polar surface area (TPSA) is 41.1 Å². The summed E-state index contributed by atoms with van der Waals surface area (Å²) in [7, 11) is 0. The summed E-state index contributed by atoms with van der Waals surface area (Å²) in [5.41, 5.74) is 0. The summed E-state index contributed by atoms with van der Waals surface area (Å²) >= 11 is 0. The molecule has 3 heteroatoms. The zero-order chi connectivity index (χ0) is 7.68. The second-order valence-corrected chi connectivity index (χ2v) is 3.48. The van der Waals surface area contributed by atoms with Crippen molar-refractivity contribution in [3.05, 3.63) is 0 Å². The molecule has 2 N–H and O–H groups in total. The molecule has 0 aromatic carbocycles. The van der Waals surface area contributed by atoms with Crippen LogP contribution >= 0.6 is 0 Å². The summed E-state index contributed by atoms with van der Waals surface area (Å²) in [6.07, 6.45) is 4.36. The molecule has 1 atom stereocenters. The van der Waals surface area contributed by atoms with E-state index >= 15 is 0 Å². The maximum atomic E-state index is 10.8. The minimum Gasteiger partial charge on any atom is -0.355 e. The fourth-order valence-electron chi connectivity index (χ4n) is 1.46. The summed E-state index contributed by atoms with van der Waals surface area (Å²) < 4.78 is 0. The van der Waals surface area contributed by atoms with Crippen LogP contribution in [0.4, 0.5) is 0 Å². The molecule has 2 fully saturated rings. The predicted molar refractivity (Wildman–Crippen MR) is 42.2 cm³/mol. The van der Waals surface area contributed by atoms with E-state index in [0.29, 0.717) is 12.5 Å². The second kappa shape index (κ2) is 2.81. The highest BCUT2D eigenvalue weighted by molar-refractivity contribution is 5.76. The molecule has 2 rings (SSSR count). The van der Waals surface area contributed by atoms with Gasteiger partial charge in [0.1, 0.15) is 0 Å². The van der Waals surface area contributed by atoms with Crippen molar-refractivity contribution < 1.29 is 4.79 Å². The van der Waals surface area contributed by atoms with Crippen LogP contribution in [0, 0.1) is 0 Å². The Morgan fingerprint density at radius 1 is 1.27 bits per heavy atom. The average Bonchev–Trinajstić information content (AvgIpc) is 2.78. The van der Waals surface area contributed by atoms with Crippen LogP contribution in [-0.2, 0) is 4.79 Å². The zero-order valence-corrected chi connectivity index (χ0v) is 6.60. The van der Waals surface area contributed by atoms with Crippen LogP contribution in [0.1, 0.15) is 25.7 Å². The summed E-state index contributed by atoms with van der Waals surface area (Å²) in [6, 6.07) is 1.30. The van der Waals surface area contributed by atoms with Gasteiger partial charge < -0.3 is 10.6 Å². The van der Waals surface area contributed by atoms with Crippen molar-refractivity contribution in [2.24, 2.45) is 0 Å². The maximum Gasteiger partial charge on any atom is 0.220 e. The van der Waals surface area contributed by atoms with Crippen molar-refractivity contribution in [3.8, 4) is 0 Å². The molecule has 1 heterocycles. The summed E-state index contributed by atoms with van der Waals surface area (Å²) in [5, 5.41) is 6.36. The van der Waals surface area contributed by atoms with E-state index in [1.807, 2.05) is 0 Å². The van der Waals surface area contributed by atoms with Gasteiger partial charge in [0.25, 0.3) is 0 Å². The van der Waals surface area contributed by atoms with E-state index in [-0.39, 0.29) is 5.91 Å². The van der Waals surface area contributed by atoms with Crippen LogP contribution in [0.15, 0.2) is 0 Å². The molecule has 62 valence electrons. The van der Waals surface area contributed by atoms with Crippen molar-refractivity contribution in [1.82, 2.24) is 10.6 Å². The van der Waals surface area contributed by atoms with Crippen LogP contribution in [0.3, 0.4) is 0 Å². The van der Waals surface area contributed by atoms with Gasteiger partial charge in [-0.15, -0.1) is 0 Å². The standard InChI is InChI=1S/C8H14N2O/c11-8-4-3-7(5-9-8)10-6-1-2-6/h6-7,10H,1-5H2,(H,9,11). The molecule has 1 amide bonds. The molecule has 0 aromatic heterocycles. The van der Waals surface area contributed by atoms with Crippen molar-refractivity contribution >= 4 is 5.91 Å². The van der Waals surface area contributed by atoms with Crippen molar-refractivity contribution in [1.29, 1.82) is 0 Å². The molecule has 1 aliphatic carbocycles. The zero-order valence-electron chi connectivity index (χ0n) is 6.60. The van der Waals surface area contributed by atoms with Crippen molar-refractivity contribution in [2.75, 3.05) is 6.54 Å². The van der Waals surface area contributed by atoms with Gasteiger partial charge >= 0.3 is 0 Å². The molecular weight excluding hydrogens is 140 g/mol. The van der Waals surface area contributed by atoms with E-state index in [9.17, 15) is 4.79 Å². The lowest BCUT2D eigenvalue weighted by molar-refractivity contribution is -0.122. The van der Waals surface area contributed by atoms with Gasteiger partial charge in [-0.25, -0.2) is 0 Å². The van der Waals surface area contributed by atoms with E-state index < -0.39 is 0 Å². The normalized spacial score (nSPS) is 31.6. The summed E-state index contributed by atoms with van der Waals surface area (Å²) in [4.78, 5) is 10.8. The van der Waals surface area contributed by atoms with Gasteiger partial charge in [0.15, 0.2) is 0 Å². The Morgan fingerprint density at radius 3 is 2.64 bits per heavy atom. The minimum absolute atomic E-state index is 0.207. The lowest BCUT2D eigenvalue weighted by atomic mass is 10.1. The molecule has 0 radical (unpaired) electrons. The Kier molecular flexibility index (Phi) is 1.82. The minimum atomic E-state index is 0.207. The van der Waals surface area contributed by atoms with E-state index in [4.69, 9.17) is 0 Å². The largest absolute Gasteiger partial charge is 0.355 e. The van der Waals surface area contributed by atoms with Crippen LogP contribution in [-0.4, -0.2) is 24.5 Å². The smallest absolute Gasteiger partial charge is 0.220 e. The number of nitrogens with one attached hydrogen (secondary N) is 2. The van der Waals surface area contributed by atoms with Crippen LogP contribution in [0.5, 0.6) is 0 Å². The molecule has 1 aliphatic heterocycles. The molecule has 0 aromatic rings. The third-order valence-electron chi connectivity index (χ3n) is 2.31. The van der Waals surface area contributed by atoms with E-state index in [1.165, 1.54) is 12.8 Å². The quantitative estimate of drug-likeness (QED) is 0.588. The SMILES string of the molecule is O=C1CCC(NC2CC2)CN1. The first kappa shape index (κ1) is 7.10. The third-order valence-corrected chi connectivity index (χ3v) is 2.31. The second-order valence-electron chi connectivity index (χ2n) is 3.48. The predicted octanol–water partition coefficient (Wildman–Crippen LogP) is 0.0170. The van der Waals surface area contributed by atoms with Gasteiger partial charge in [-0.05, 0) is 19.3 Å². The number of hydrogen-bond donors (Lipinski definition) is 2. The molecule has 11 heavy (non-hydrogen) atoms. The van der Waals surface area contributed by atoms with Gasteiger partial charge in [-0.1, -0.05) is 0 Å². The highest BCUT2D eigenvalue weighted by atomic mass is 16.1. The number of rotatable bonds is 2. The lowest BCUT2D eigenvalue weighted by Crippen LogP contribution is -2.46. The Morgan fingerprint density at radius 2 is 2.09 bits per heavy atom. The summed E-state index contributed by atoms with van der Waals surface area (Å²) in [6.45, 7) is 0.829. The molecule has 0 spiro atoms. The number of carbonyl (C=O) groups is 1. The molecule has 1 saturated carbocycles. The third kappa shape index (κ3) is 1.93. The van der Waals surface area contributed by atoms with E-state index in [2.05, 4.69) is 10.6 Å². The lowest BCUT2D eigenvalue weighted by Gasteiger charge is -2.23. The monoisotopic (exact) mass is 154 g/mol. The Labute approximate surface area is 66.5 Å². The number of hydrogen-bond acceptors (Lipinski definition) is 2. The van der Waals surface area contributed by atoms with Gasteiger partial charge in [-0.2, -0.15) is 0 Å². The molecule has 1 saturated heterocycles. The first-order valence-corrected chi connectivity index (χ1v) is 4.37. The average molecular weight is 154 g/mol. The van der Waals surface area contributed by atoms with Crippen LogP contribution < -0.4 is 10.6 Å². The van der Waals surface area contributed by atoms with Crippen molar-refractivity contribution in [3.63, 3.8) is 0 Å². The van der Waals surface area contributed by atoms with Crippen molar-refractivity contribution in [2.45, 2.75) is 37.8 Å². The maximum absolute atomic E-state index is 10.8. The highest BCUT2D eigenvalue weighted by Crippen LogP contribution is 2.20. The van der Waals surface area contributed by atoms with Crippen LogP contribution in [0.25, 0.3) is 0 Å². The molecule has 3 nitrogen and oxygen atoms in total. The number of carbonyl (C=O) groups excluding carboxylic acids is 1. The number of piperidine rings is 1. The summed E-state index contributed by atoms with van der Waals surface area (Å²) in [5.74, 6) is 0.207. The van der Waals surface area contributed by atoms with E-state index in [0.717, 1.165) is 19.0 Å². The Balaban J connectivity index is 1.73.